The molecule has 2 aromatic heterocycles. The van der Waals surface area contributed by atoms with E-state index in [2.05, 4.69) is 25.2 Å². The number of aromatic amines is 1. The molecule has 0 radical (unpaired) electrons. The highest BCUT2D eigenvalue weighted by atomic mass is 35.5. The van der Waals surface area contributed by atoms with Crippen molar-refractivity contribution in [3.8, 4) is 11.4 Å². The number of rotatable bonds is 3. The Bertz CT molecular complexity index is 729. The summed E-state index contributed by atoms with van der Waals surface area (Å²) in [7, 11) is 0. The molecule has 116 valence electrons. The van der Waals surface area contributed by atoms with Gasteiger partial charge in [-0.2, -0.15) is 4.39 Å². The average Bonchev–Trinajstić information content (AvgIpc) is 2.52. The van der Waals surface area contributed by atoms with Crippen LogP contribution in [0.15, 0.2) is 23.1 Å². The zero-order valence-corrected chi connectivity index (χ0v) is 12.5. The summed E-state index contributed by atoms with van der Waals surface area (Å²) in [6, 6.07) is 2.81. The maximum atomic E-state index is 13.2. The lowest BCUT2D eigenvalue weighted by Crippen LogP contribution is -2.43. The lowest BCUT2D eigenvalue weighted by atomic mass is 10.2. The number of piperazine rings is 1. The van der Waals surface area contributed by atoms with Gasteiger partial charge in [0.05, 0.1) is 5.69 Å². The van der Waals surface area contributed by atoms with Crippen LogP contribution in [0.2, 0.25) is 5.02 Å². The molecule has 1 aliphatic rings. The first kappa shape index (κ1) is 15.1. The lowest BCUT2D eigenvalue weighted by Gasteiger charge is -2.27. The summed E-state index contributed by atoms with van der Waals surface area (Å²) in [5, 5.41) is 3.34. The molecule has 0 amide bonds. The van der Waals surface area contributed by atoms with Gasteiger partial charge in [0.25, 0.3) is 5.56 Å². The Hall–Kier alpha value is -1.83. The van der Waals surface area contributed by atoms with Gasteiger partial charge in [0.15, 0.2) is 0 Å². The third-order valence-electron chi connectivity index (χ3n) is 3.51. The molecule has 3 heterocycles. The van der Waals surface area contributed by atoms with Crippen LogP contribution in [0.5, 0.6) is 0 Å². The van der Waals surface area contributed by atoms with Crippen molar-refractivity contribution in [3.05, 3.63) is 45.3 Å². The second kappa shape index (κ2) is 6.51. The first-order chi connectivity index (χ1) is 10.6. The molecular formula is C14H15ClFN5O. The molecular weight excluding hydrogens is 309 g/mol. The molecule has 0 bridgehead atoms. The molecule has 0 unspecified atom stereocenters. The SMILES string of the molecule is O=c1[nH]c(-c2ccnc(F)c2)nc(CN2CCNCC2)c1Cl. The number of H-pyrrole nitrogens is 1. The van der Waals surface area contributed by atoms with Crippen LogP contribution in [0.25, 0.3) is 11.4 Å². The minimum atomic E-state index is -0.626. The Labute approximate surface area is 131 Å². The van der Waals surface area contributed by atoms with E-state index in [1.165, 1.54) is 12.3 Å². The molecule has 2 aromatic rings. The number of aromatic nitrogens is 3. The highest BCUT2D eigenvalue weighted by Crippen LogP contribution is 2.18. The zero-order valence-electron chi connectivity index (χ0n) is 11.8. The van der Waals surface area contributed by atoms with Gasteiger partial charge >= 0.3 is 0 Å². The topological polar surface area (TPSA) is 73.9 Å². The highest BCUT2D eigenvalue weighted by molar-refractivity contribution is 6.31. The van der Waals surface area contributed by atoms with E-state index in [1.807, 2.05) is 0 Å². The van der Waals surface area contributed by atoms with Gasteiger partial charge in [0.2, 0.25) is 5.95 Å². The van der Waals surface area contributed by atoms with Crippen molar-refractivity contribution in [2.45, 2.75) is 6.54 Å². The van der Waals surface area contributed by atoms with Crippen LogP contribution in [0.3, 0.4) is 0 Å². The number of hydrogen-bond acceptors (Lipinski definition) is 5. The van der Waals surface area contributed by atoms with Crippen LogP contribution in [-0.4, -0.2) is 46.0 Å². The lowest BCUT2D eigenvalue weighted by molar-refractivity contribution is 0.230. The molecule has 2 N–H and O–H groups in total. The van der Waals surface area contributed by atoms with Crippen molar-refractivity contribution in [1.82, 2.24) is 25.2 Å². The maximum Gasteiger partial charge on any atom is 0.270 e. The summed E-state index contributed by atoms with van der Waals surface area (Å²) in [5.74, 6) is -0.334. The molecule has 0 aliphatic carbocycles. The Morgan fingerprint density at radius 3 is 2.86 bits per heavy atom. The first-order valence-electron chi connectivity index (χ1n) is 6.97. The molecule has 0 saturated carbocycles. The van der Waals surface area contributed by atoms with Crippen molar-refractivity contribution < 1.29 is 4.39 Å². The normalized spacial score (nSPS) is 15.9. The summed E-state index contributed by atoms with van der Waals surface area (Å²) >= 11 is 6.07. The Kier molecular flexibility index (Phi) is 4.47. The van der Waals surface area contributed by atoms with Crippen molar-refractivity contribution >= 4 is 11.6 Å². The molecule has 0 aromatic carbocycles. The summed E-state index contributed by atoms with van der Waals surface area (Å²) in [6.45, 7) is 4.01. The number of halogens is 2. The maximum absolute atomic E-state index is 13.2. The molecule has 1 aliphatic heterocycles. The van der Waals surface area contributed by atoms with Crippen LogP contribution in [0.1, 0.15) is 5.69 Å². The fourth-order valence-corrected chi connectivity index (χ4v) is 2.53. The van der Waals surface area contributed by atoms with E-state index in [-0.39, 0.29) is 5.02 Å². The highest BCUT2D eigenvalue weighted by Gasteiger charge is 2.16. The van der Waals surface area contributed by atoms with E-state index in [0.717, 1.165) is 26.2 Å². The Morgan fingerprint density at radius 2 is 2.14 bits per heavy atom. The van der Waals surface area contributed by atoms with Crippen LogP contribution < -0.4 is 10.9 Å². The van der Waals surface area contributed by atoms with Gasteiger partial charge in [0, 0.05) is 50.6 Å². The van der Waals surface area contributed by atoms with E-state index >= 15 is 0 Å². The second-order valence-corrected chi connectivity index (χ2v) is 5.45. The predicted molar refractivity (Wildman–Crippen MR) is 81.2 cm³/mol. The van der Waals surface area contributed by atoms with Gasteiger partial charge in [-0.05, 0) is 6.07 Å². The standard InChI is InChI=1S/C14H15ClFN5O/c15-12-10(8-21-5-3-17-4-6-21)19-13(20-14(12)22)9-1-2-18-11(16)7-9/h1-2,7,17H,3-6,8H2,(H,19,20,22). The summed E-state index contributed by atoms with van der Waals surface area (Å²) in [6.07, 6.45) is 1.33. The third kappa shape index (κ3) is 3.32. The van der Waals surface area contributed by atoms with E-state index in [0.29, 0.717) is 23.6 Å². The van der Waals surface area contributed by atoms with E-state index in [1.54, 1.807) is 6.07 Å². The molecule has 0 spiro atoms. The quantitative estimate of drug-likeness (QED) is 0.825. The minimum absolute atomic E-state index is 0.0804. The molecule has 1 fully saturated rings. The minimum Gasteiger partial charge on any atom is -0.314 e. The largest absolute Gasteiger partial charge is 0.314 e. The number of nitrogens with zero attached hydrogens (tertiary/aromatic N) is 3. The summed E-state index contributed by atoms with van der Waals surface area (Å²) in [5.41, 5.74) is 0.538. The van der Waals surface area contributed by atoms with E-state index < -0.39 is 11.5 Å². The average molecular weight is 324 g/mol. The zero-order chi connectivity index (χ0) is 15.5. The van der Waals surface area contributed by atoms with Gasteiger partial charge in [-0.15, -0.1) is 0 Å². The van der Waals surface area contributed by atoms with Gasteiger partial charge in [-0.1, -0.05) is 11.6 Å². The third-order valence-corrected chi connectivity index (χ3v) is 3.90. The monoisotopic (exact) mass is 323 g/mol. The molecule has 22 heavy (non-hydrogen) atoms. The molecule has 1 saturated heterocycles. The van der Waals surface area contributed by atoms with Crippen LogP contribution in [-0.2, 0) is 6.54 Å². The van der Waals surface area contributed by atoms with Crippen molar-refractivity contribution in [2.24, 2.45) is 0 Å². The first-order valence-corrected chi connectivity index (χ1v) is 7.35. The predicted octanol–water partition coefficient (Wildman–Crippen LogP) is 1.03. The van der Waals surface area contributed by atoms with E-state index in [4.69, 9.17) is 11.6 Å². The molecule has 0 atom stereocenters. The smallest absolute Gasteiger partial charge is 0.270 e. The number of pyridine rings is 1. The van der Waals surface area contributed by atoms with Gasteiger partial charge in [0.1, 0.15) is 10.8 Å². The van der Waals surface area contributed by atoms with Crippen molar-refractivity contribution in [2.75, 3.05) is 26.2 Å². The fraction of sp³-hybridized carbons (Fsp3) is 0.357. The van der Waals surface area contributed by atoms with Gasteiger partial charge in [-0.3, -0.25) is 9.69 Å². The van der Waals surface area contributed by atoms with Crippen LogP contribution in [0, 0.1) is 5.95 Å². The van der Waals surface area contributed by atoms with Gasteiger partial charge in [-0.25, -0.2) is 9.97 Å². The molecule has 8 heteroatoms. The number of hydrogen-bond donors (Lipinski definition) is 2. The Balaban J connectivity index is 1.94. The Morgan fingerprint density at radius 1 is 1.36 bits per heavy atom. The summed E-state index contributed by atoms with van der Waals surface area (Å²) in [4.78, 5) is 24.6. The molecule has 3 rings (SSSR count). The van der Waals surface area contributed by atoms with Crippen LogP contribution in [0.4, 0.5) is 4.39 Å². The van der Waals surface area contributed by atoms with Crippen LogP contribution >= 0.6 is 11.6 Å². The summed E-state index contributed by atoms with van der Waals surface area (Å²) < 4.78 is 13.2. The van der Waals surface area contributed by atoms with Crippen molar-refractivity contribution in [3.63, 3.8) is 0 Å². The number of nitrogens with one attached hydrogen (secondary N) is 2. The van der Waals surface area contributed by atoms with E-state index in [9.17, 15) is 9.18 Å². The fourth-order valence-electron chi connectivity index (χ4n) is 2.38. The molecule has 6 nitrogen and oxygen atoms in total. The van der Waals surface area contributed by atoms with Crippen molar-refractivity contribution in [1.29, 1.82) is 0 Å². The second-order valence-electron chi connectivity index (χ2n) is 5.07. The van der Waals surface area contributed by atoms with Gasteiger partial charge < -0.3 is 10.3 Å².